The number of fused-ring (bicyclic) bond motifs is 1. The zero-order valence-electron chi connectivity index (χ0n) is 9.22. The van der Waals surface area contributed by atoms with Gasteiger partial charge in [-0.05, 0) is 12.0 Å². The first-order valence-corrected chi connectivity index (χ1v) is 5.18. The molecule has 88 valence electrons. The van der Waals surface area contributed by atoms with E-state index in [1.165, 1.54) is 0 Å². The highest BCUT2D eigenvalue weighted by Gasteiger charge is 2.30. The summed E-state index contributed by atoms with van der Waals surface area (Å²) in [7, 11) is 0. The van der Waals surface area contributed by atoms with Gasteiger partial charge >= 0.3 is 0 Å². The summed E-state index contributed by atoms with van der Waals surface area (Å²) in [6.07, 6.45) is 0.671. The van der Waals surface area contributed by atoms with Crippen LogP contribution in [0.2, 0.25) is 0 Å². The van der Waals surface area contributed by atoms with Crippen LogP contribution in [0.5, 0.6) is 0 Å². The predicted octanol–water partition coefficient (Wildman–Crippen LogP) is -0.228. The number of guanidine groups is 1. The molecule has 1 aliphatic carbocycles. The summed E-state index contributed by atoms with van der Waals surface area (Å²) in [5, 5.41) is 15.2. The SMILES string of the molecule is N=C(N)C1Cc2ccccc2C1=NN=C(N)N. The highest BCUT2D eigenvalue weighted by atomic mass is 15.3. The second kappa shape index (κ2) is 4.25. The first kappa shape index (κ1) is 11.1. The van der Waals surface area contributed by atoms with Gasteiger partial charge in [-0.1, -0.05) is 24.3 Å². The molecule has 0 aliphatic heterocycles. The average Bonchev–Trinajstić information content (AvgIpc) is 2.65. The van der Waals surface area contributed by atoms with Gasteiger partial charge in [0.05, 0.1) is 11.6 Å². The highest BCUT2D eigenvalue weighted by molar-refractivity contribution is 6.16. The topological polar surface area (TPSA) is 127 Å². The van der Waals surface area contributed by atoms with Crippen molar-refractivity contribution in [1.82, 2.24) is 0 Å². The normalized spacial score (nSPS) is 20.0. The van der Waals surface area contributed by atoms with Crippen LogP contribution in [0.25, 0.3) is 0 Å². The standard InChI is InChI=1S/C11H14N6/c12-10(13)8-5-6-3-1-2-4-7(6)9(8)16-17-11(14)15/h1-4,8H,5H2,(H3,12,13)(H4,14,15,17). The molecular weight excluding hydrogens is 216 g/mol. The number of nitrogens with zero attached hydrogens (tertiary/aromatic N) is 2. The quantitative estimate of drug-likeness (QED) is 0.318. The van der Waals surface area contributed by atoms with Crippen LogP contribution < -0.4 is 17.2 Å². The molecule has 0 heterocycles. The van der Waals surface area contributed by atoms with Gasteiger partial charge in [-0.3, -0.25) is 5.41 Å². The zero-order chi connectivity index (χ0) is 12.4. The lowest BCUT2D eigenvalue weighted by atomic mass is 10.0. The number of amidine groups is 1. The molecule has 0 aromatic heterocycles. The smallest absolute Gasteiger partial charge is 0.211 e. The summed E-state index contributed by atoms with van der Waals surface area (Å²) in [5.41, 5.74) is 18.8. The summed E-state index contributed by atoms with van der Waals surface area (Å²) in [6.45, 7) is 0. The molecule has 1 unspecified atom stereocenters. The first-order valence-electron chi connectivity index (χ1n) is 5.18. The van der Waals surface area contributed by atoms with Gasteiger partial charge in [0.2, 0.25) is 5.96 Å². The van der Waals surface area contributed by atoms with Crippen LogP contribution in [-0.2, 0) is 6.42 Å². The van der Waals surface area contributed by atoms with Gasteiger partial charge in [0.1, 0.15) is 5.84 Å². The lowest BCUT2D eigenvalue weighted by molar-refractivity contribution is 0.908. The molecule has 1 aliphatic rings. The number of rotatable bonds is 2. The molecule has 1 aromatic rings. The second-order valence-corrected chi connectivity index (χ2v) is 3.88. The molecule has 0 fully saturated rings. The third kappa shape index (κ3) is 2.10. The van der Waals surface area contributed by atoms with Crippen molar-refractivity contribution in [3.05, 3.63) is 35.4 Å². The van der Waals surface area contributed by atoms with E-state index in [-0.39, 0.29) is 17.7 Å². The monoisotopic (exact) mass is 230 g/mol. The van der Waals surface area contributed by atoms with Crippen molar-refractivity contribution in [2.75, 3.05) is 0 Å². The van der Waals surface area contributed by atoms with E-state index in [0.717, 1.165) is 11.1 Å². The molecule has 2 rings (SSSR count). The minimum Gasteiger partial charge on any atom is -0.387 e. The Hall–Kier alpha value is -2.37. The van der Waals surface area contributed by atoms with E-state index in [4.69, 9.17) is 22.6 Å². The van der Waals surface area contributed by atoms with Crippen molar-refractivity contribution in [3.63, 3.8) is 0 Å². The third-order valence-electron chi connectivity index (χ3n) is 2.70. The van der Waals surface area contributed by atoms with Gasteiger partial charge in [0, 0.05) is 5.56 Å². The van der Waals surface area contributed by atoms with Gasteiger partial charge in [-0.15, -0.1) is 5.10 Å². The first-order chi connectivity index (χ1) is 8.09. The molecule has 7 N–H and O–H groups in total. The van der Waals surface area contributed by atoms with Crippen LogP contribution in [0, 0.1) is 11.3 Å². The lowest BCUT2D eigenvalue weighted by Crippen LogP contribution is -2.28. The molecule has 0 spiro atoms. The molecule has 1 atom stereocenters. The minimum atomic E-state index is -0.240. The molecule has 1 aromatic carbocycles. The third-order valence-corrected chi connectivity index (χ3v) is 2.70. The Morgan fingerprint density at radius 3 is 2.59 bits per heavy atom. The van der Waals surface area contributed by atoms with Gasteiger partial charge in [-0.2, -0.15) is 5.10 Å². The predicted molar refractivity (Wildman–Crippen MR) is 67.9 cm³/mol. The number of nitrogens with one attached hydrogen (secondary N) is 1. The molecule has 17 heavy (non-hydrogen) atoms. The Morgan fingerprint density at radius 1 is 1.24 bits per heavy atom. The number of benzene rings is 1. The maximum atomic E-state index is 7.57. The van der Waals surface area contributed by atoms with Crippen molar-refractivity contribution in [2.24, 2.45) is 33.3 Å². The lowest BCUT2D eigenvalue weighted by Gasteiger charge is -2.07. The van der Waals surface area contributed by atoms with E-state index in [0.29, 0.717) is 12.1 Å². The number of hydrogen-bond acceptors (Lipinski definition) is 3. The molecular formula is C11H14N6. The summed E-state index contributed by atoms with van der Waals surface area (Å²) < 4.78 is 0. The van der Waals surface area contributed by atoms with Crippen molar-refractivity contribution in [2.45, 2.75) is 6.42 Å². The molecule has 6 nitrogen and oxygen atoms in total. The highest BCUT2D eigenvalue weighted by Crippen LogP contribution is 2.27. The maximum absolute atomic E-state index is 7.57. The maximum Gasteiger partial charge on any atom is 0.211 e. The van der Waals surface area contributed by atoms with Crippen molar-refractivity contribution in [3.8, 4) is 0 Å². The summed E-state index contributed by atoms with van der Waals surface area (Å²) >= 11 is 0. The Labute approximate surface area is 98.7 Å². The number of hydrogen-bond donors (Lipinski definition) is 4. The number of nitrogens with two attached hydrogens (primary N) is 3. The van der Waals surface area contributed by atoms with Crippen LogP contribution in [0.4, 0.5) is 0 Å². The molecule has 6 heteroatoms. The van der Waals surface area contributed by atoms with Crippen LogP contribution >= 0.6 is 0 Å². The van der Waals surface area contributed by atoms with Gasteiger partial charge in [-0.25, -0.2) is 0 Å². The largest absolute Gasteiger partial charge is 0.387 e. The van der Waals surface area contributed by atoms with E-state index in [1.54, 1.807) is 0 Å². The second-order valence-electron chi connectivity index (χ2n) is 3.88. The van der Waals surface area contributed by atoms with Gasteiger partial charge in [0.25, 0.3) is 0 Å². The van der Waals surface area contributed by atoms with Crippen molar-refractivity contribution >= 4 is 17.5 Å². The van der Waals surface area contributed by atoms with Gasteiger partial charge in [0.15, 0.2) is 0 Å². The van der Waals surface area contributed by atoms with Crippen LogP contribution in [-0.4, -0.2) is 17.5 Å². The van der Waals surface area contributed by atoms with Gasteiger partial charge < -0.3 is 17.2 Å². The fraction of sp³-hybridized carbons (Fsp3) is 0.182. The molecule has 0 bridgehead atoms. The minimum absolute atomic E-state index is 0.0748. The summed E-state index contributed by atoms with van der Waals surface area (Å²) in [6, 6.07) is 7.77. The molecule has 0 saturated heterocycles. The van der Waals surface area contributed by atoms with E-state index >= 15 is 0 Å². The van der Waals surface area contributed by atoms with Crippen LogP contribution in [0.1, 0.15) is 11.1 Å². The van der Waals surface area contributed by atoms with E-state index in [1.807, 2.05) is 24.3 Å². The Bertz CT molecular complexity index is 512. The zero-order valence-corrected chi connectivity index (χ0v) is 9.22. The van der Waals surface area contributed by atoms with Crippen LogP contribution in [0.15, 0.2) is 34.5 Å². The van der Waals surface area contributed by atoms with Crippen molar-refractivity contribution < 1.29 is 0 Å². The van der Waals surface area contributed by atoms with Crippen molar-refractivity contribution in [1.29, 1.82) is 5.41 Å². The summed E-state index contributed by atoms with van der Waals surface area (Å²) in [4.78, 5) is 0. The molecule has 0 saturated carbocycles. The fourth-order valence-electron chi connectivity index (χ4n) is 1.94. The summed E-state index contributed by atoms with van der Waals surface area (Å²) in [5.74, 6) is -0.273. The Morgan fingerprint density at radius 2 is 1.94 bits per heavy atom. The van der Waals surface area contributed by atoms with E-state index < -0.39 is 0 Å². The molecule has 0 amide bonds. The average molecular weight is 230 g/mol. The Balaban J connectivity index is 2.48. The fourth-order valence-corrected chi connectivity index (χ4v) is 1.94. The van der Waals surface area contributed by atoms with E-state index in [2.05, 4.69) is 10.2 Å². The van der Waals surface area contributed by atoms with Crippen LogP contribution in [0.3, 0.4) is 0 Å². The van der Waals surface area contributed by atoms with E-state index in [9.17, 15) is 0 Å². The Kier molecular flexibility index (Phi) is 2.78. The molecule has 0 radical (unpaired) electrons.